The standard InChI is InChI=1S/C42H23N3OS/c1-2-8-24-21-25(16-15-22(24)7-1)41-43-39-28-10-3-4-13-31(28)46-40(39)42(44-41)45-29-18-17-23-9-5-11-26-27-12-6-14-32-35(27)38-33(47-32)20-19-30(45)37(38)36(29)34(23)26/h1-14,16-22H,15H2. The van der Waals surface area contributed by atoms with Crippen molar-refractivity contribution in [3.8, 4) is 16.9 Å². The Bertz CT molecular complexity index is 3050. The third kappa shape index (κ3) is 3.03. The fourth-order valence-electron chi connectivity index (χ4n) is 8.43. The lowest BCUT2D eigenvalue weighted by Crippen LogP contribution is -2.08. The fourth-order valence-corrected chi connectivity index (χ4v) is 9.57. The summed E-state index contributed by atoms with van der Waals surface area (Å²) in [7, 11) is 0. The highest BCUT2D eigenvalue weighted by molar-refractivity contribution is 7.26. The van der Waals surface area contributed by atoms with E-state index >= 15 is 0 Å². The van der Waals surface area contributed by atoms with Crippen molar-refractivity contribution < 1.29 is 4.42 Å². The van der Waals surface area contributed by atoms with Gasteiger partial charge in [-0.2, -0.15) is 0 Å². The van der Waals surface area contributed by atoms with E-state index in [4.69, 9.17) is 14.4 Å². The molecule has 4 nitrogen and oxygen atoms in total. The molecule has 0 spiro atoms. The molecule has 0 radical (unpaired) electrons. The van der Waals surface area contributed by atoms with Gasteiger partial charge in [0.25, 0.3) is 0 Å². The Kier molecular flexibility index (Phi) is 4.43. The Hall–Kier alpha value is -5.78. The second-order valence-electron chi connectivity index (χ2n) is 12.8. The minimum absolute atomic E-state index is 0.403. The molecule has 0 saturated carbocycles. The maximum Gasteiger partial charge on any atom is 0.197 e. The number of hydrogen-bond donors (Lipinski definition) is 0. The number of allylic oxidation sites excluding steroid dienone is 8. The number of hydrogen-bond acceptors (Lipinski definition) is 4. The lowest BCUT2D eigenvalue weighted by atomic mass is 9.85. The Morgan fingerprint density at radius 3 is 2.51 bits per heavy atom. The first kappa shape index (κ1) is 24.5. The number of rotatable bonds is 2. The highest BCUT2D eigenvalue weighted by Gasteiger charge is 2.28. The van der Waals surface area contributed by atoms with Crippen LogP contribution in [0.1, 0.15) is 12.2 Å². The van der Waals surface area contributed by atoms with Gasteiger partial charge in [-0.25, -0.2) is 9.97 Å². The molecule has 0 fully saturated rings. The van der Waals surface area contributed by atoms with Crippen LogP contribution in [0, 0.1) is 5.92 Å². The van der Waals surface area contributed by atoms with Crippen molar-refractivity contribution in [2.24, 2.45) is 5.92 Å². The lowest BCUT2D eigenvalue weighted by molar-refractivity contribution is 0.662. The number of furan rings is 1. The van der Waals surface area contributed by atoms with Crippen LogP contribution in [0.3, 0.4) is 0 Å². The van der Waals surface area contributed by atoms with Gasteiger partial charge < -0.3 is 4.42 Å². The summed E-state index contributed by atoms with van der Waals surface area (Å²) in [6, 6.07) is 30.8. The molecule has 0 bridgehead atoms. The van der Waals surface area contributed by atoms with E-state index in [0.717, 1.165) is 51.2 Å². The number of aromatic nitrogens is 3. The first-order valence-electron chi connectivity index (χ1n) is 16.1. The van der Waals surface area contributed by atoms with E-state index in [1.807, 2.05) is 23.5 Å². The largest absolute Gasteiger partial charge is 0.450 e. The van der Waals surface area contributed by atoms with Crippen LogP contribution in [0.2, 0.25) is 0 Å². The van der Waals surface area contributed by atoms with E-state index in [0.29, 0.717) is 11.5 Å². The van der Waals surface area contributed by atoms with Crippen molar-refractivity contribution in [2.45, 2.75) is 6.42 Å². The van der Waals surface area contributed by atoms with Crippen molar-refractivity contribution in [3.63, 3.8) is 0 Å². The molecule has 4 aromatic heterocycles. The zero-order chi connectivity index (χ0) is 30.4. The number of thiophene rings is 1. The molecule has 1 unspecified atom stereocenters. The Labute approximate surface area is 271 Å². The normalized spacial score (nSPS) is 16.7. The smallest absolute Gasteiger partial charge is 0.197 e. The summed E-state index contributed by atoms with van der Waals surface area (Å²) < 4.78 is 11.6. The number of nitrogens with zero attached hydrogens (tertiary/aromatic N) is 3. The van der Waals surface area contributed by atoms with Gasteiger partial charge in [-0.3, -0.25) is 4.57 Å². The SMILES string of the molecule is C1=CC2=CC(c3nc(-n4c5ccc6cccc7c6c5c5c6c(ccc54)sc4cccc-7c46)c4oc5ccccc5c4n3)=CCC2C=C1. The summed E-state index contributed by atoms with van der Waals surface area (Å²) in [5, 5.41) is 8.80. The minimum Gasteiger partial charge on any atom is -0.450 e. The first-order chi connectivity index (χ1) is 23.3. The summed E-state index contributed by atoms with van der Waals surface area (Å²) in [4.78, 5) is 10.7. The van der Waals surface area contributed by atoms with Crippen LogP contribution >= 0.6 is 11.3 Å². The fraction of sp³-hybridized carbons (Fsp3) is 0.0476. The molecule has 1 atom stereocenters. The maximum atomic E-state index is 6.67. The molecule has 5 aromatic carbocycles. The van der Waals surface area contributed by atoms with Crippen molar-refractivity contribution in [3.05, 3.63) is 133 Å². The molecular weight excluding hydrogens is 595 g/mol. The van der Waals surface area contributed by atoms with Crippen LogP contribution in [0.4, 0.5) is 0 Å². The van der Waals surface area contributed by atoms with E-state index in [1.54, 1.807) is 0 Å². The molecule has 0 amide bonds. The van der Waals surface area contributed by atoms with Gasteiger partial charge >= 0.3 is 0 Å². The first-order valence-corrected chi connectivity index (χ1v) is 16.9. The monoisotopic (exact) mass is 617 g/mol. The second-order valence-corrected chi connectivity index (χ2v) is 13.9. The molecule has 3 aliphatic rings. The van der Waals surface area contributed by atoms with Crippen molar-refractivity contribution in [1.29, 1.82) is 0 Å². The van der Waals surface area contributed by atoms with Crippen LogP contribution in [-0.2, 0) is 0 Å². The van der Waals surface area contributed by atoms with Gasteiger partial charge in [-0.15, -0.1) is 11.3 Å². The number of benzene rings is 5. The molecule has 218 valence electrons. The molecule has 12 rings (SSSR count). The summed E-state index contributed by atoms with van der Waals surface area (Å²) in [5.41, 5.74) is 9.57. The average Bonchev–Trinajstić information content (AvgIpc) is 3.77. The Balaban J connectivity index is 1.27. The number of fused-ring (bicyclic) bond motifs is 5. The average molecular weight is 618 g/mol. The predicted octanol–water partition coefficient (Wildman–Crippen LogP) is 11.4. The third-order valence-electron chi connectivity index (χ3n) is 10.4. The zero-order valence-corrected chi connectivity index (χ0v) is 25.8. The van der Waals surface area contributed by atoms with E-state index in [2.05, 4.69) is 114 Å². The summed E-state index contributed by atoms with van der Waals surface area (Å²) in [6.45, 7) is 0. The highest BCUT2D eigenvalue weighted by Crippen LogP contribution is 2.52. The zero-order valence-electron chi connectivity index (χ0n) is 25.0. The molecule has 5 heteroatoms. The van der Waals surface area contributed by atoms with Crippen LogP contribution in [0.25, 0.3) is 97.3 Å². The predicted molar refractivity (Wildman–Crippen MR) is 195 cm³/mol. The van der Waals surface area contributed by atoms with E-state index in [1.165, 1.54) is 58.4 Å². The van der Waals surface area contributed by atoms with Gasteiger partial charge in [-0.1, -0.05) is 78.9 Å². The van der Waals surface area contributed by atoms with Gasteiger partial charge in [0, 0.05) is 47.8 Å². The summed E-state index contributed by atoms with van der Waals surface area (Å²) >= 11 is 1.88. The number of para-hydroxylation sites is 1. The van der Waals surface area contributed by atoms with Crippen LogP contribution in [0.15, 0.2) is 131 Å². The Morgan fingerprint density at radius 2 is 1.55 bits per heavy atom. The van der Waals surface area contributed by atoms with E-state index in [9.17, 15) is 0 Å². The van der Waals surface area contributed by atoms with Crippen LogP contribution < -0.4 is 0 Å². The second kappa shape index (κ2) is 8.52. The van der Waals surface area contributed by atoms with Gasteiger partial charge in [0.15, 0.2) is 17.2 Å². The van der Waals surface area contributed by atoms with Gasteiger partial charge in [0.05, 0.1) is 11.0 Å². The highest BCUT2D eigenvalue weighted by atomic mass is 32.1. The van der Waals surface area contributed by atoms with Crippen LogP contribution in [0.5, 0.6) is 0 Å². The van der Waals surface area contributed by atoms with Crippen LogP contribution in [-0.4, -0.2) is 14.5 Å². The van der Waals surface area contributed by atoms with Gasteiger partial charge in [0.1, 0.15) is 11.1 Å². The van der Waals surface area contributed by atoms with Crippen molar-refractivity contribution in [2.75, 3.05) is 0 Å². The van der Waals surface area contributed by atoms with Crippen molar-refractivity contribution in [1.82, 2.24) is 14.5 Å². The summed E-state index contributed by atoms with van der Waals surface area (Å²) in [6.07, 6.45) is 14.2. The minimum atomic E-state index is 0.403. The van der Waals surface area contributed by atoms with Crippen molar-refractivity contribution >= 4 is 91.7 Å². The third-order valence-corrected chi connectivity index (χ3v) is 11.6. The van der Waals surface area contributed by atoms with E-state index < -0.39 is 0 Å². The molecule has 9 aromatic rings. The topological polar surface area (TPSA) is 43.9 Å². The molecule has 4 heterocycles. The van der Waals surface area contributed by atoms with Gasteiger partial charge in [-0.05, 0) is 76.4 Å². The van der Waals surface area contributed by atoms with Gasteiger partial charge in [0.2, 0.25) is 0 Å². The lowest BCUT2D eigenvalue weighted by Gasteiger charge is -2.20. The Morgan fingerprint density at radius 1 is 0.723 bits per heavy atom. The summed E-state index contributed by atoms with van der Waals surface area (Å²) in [5.74, 6) is 1.90. The maximum absolute atomic E-state index is 6.67. The quantitative estimate of drug-likeness (QED) is 0.194. The molecule has 3 aliphatic carbocycles. The molecule has 0 aliphatic heterocycles. The van der Waals surface area contributed by atoms with E-state index in [-0.39, 0.29) is 0 Å². The molecular formula is C42H23N3OS. The molecule has 0 N–H and O–H groups in total. The molecule has 47 heavy (non-hydrogen) atoms. The molecule has 0 saturated heterocycles.